The monoisotopic (exact) mass is 662 g/mol. The number of ether oxygens (including phenoxy) is 2. The Labute approximate surface area is 241 Å². The van der Waals surface area contributed by atoms with Crippen LogP contribution in [0.15, 0.2) is 18.5 Å². The Bertz CT molecular complexity index is 1530. The molecule has 4 aromatic heterocycles. The Kier molecular flexibility index (Phi) is 7.62. The number of aliphatic hydroxyl groups excluding tert-OH is 1. The third-order valence-electron chi connectivity index (χ3n) is 7.12. The molecule has 1 saturated carbocycles. The highest BCUT2D eigenvalue weighted by molar-refractivity contribution is 14.2. The molecule has 206 valence electrons. The first-order valence-electron chi connectivity index (χ1n) is 13.2. The van der Waals surface area contributed by atoms with Crippen LogP contribution in [-0.2, 0) is 20.1 Å². The summed E-state index contributed by atoms with van der Waals surface area (Å²) >= 11 is 2.34. The van der Waals surface area contributed by atoms with Crippen LogP contribution in [0.5, 0.6) is 11.8 Å². The molecule has 0 saturated heterocycles. The zero-order valence-electron chi connectivity index (χ0n) is 22.2. The minimum absolute atomic E-state index is 0.00296. The smallest absolute Gasteiger partial charge is 0.240 e. The molecule has 5 heterocycles. The fourth-order valence-electron chi connectivity index (χ4n) is 5.15. The van der Waals surface area contributed by atoms with Gasteiger partial charge in [-0.1, -0.05) is 0 Å². The Morgan fingerprint density at radius 1 is 1.23 bits per heavy atom. The first kappa shape index (κ1) is 26.7. The maximum Gasteiger partial charge on any atom is 0.240 e. The summed E-state index contributed by atoms with van der Waals surface area (Å²) in [6.07, 6.45) is 10.4. The summed E-state index contributed by atoms with van der Waals surface area (Å²) in [5.41, 5.74) is 5.40. The largest absolute Gasteiger partial charge is 0.476 e. The van der Waals surface area contributed by atoms with Gasteiger partial charge in [-0.25, -0.2) is 9.13 Å². The van der Waals surface area contributed by atoms with Crippen molar-refractivity contribution < 1.29 is 14.6 Å². The lowest BCUT2D eigenvalue weighted by molar-refractivity contribution is 0.125. The Hall–Kier alpha value is -2.54. The van der Waals surface area contributed by atoms with E-state index in [1.54, 1.807) is 4.68 Å². The molecule has 39 heavy (non-hydrogen) atoms. The Balaban J connectivity index is 1.56. The summed E-state index contributed by atoms with van der Waals surface area (Å²) in [6, 6.07) is 2.55. The van der Waals surface area contributed by atoms with Crippen molar-refractivity contribution in [1.29, 1.82) is 0 Å². The van der Waals surface area contributed by atoms with Gasteiger partial charge in [0.2, 0.25) is 11.8 Å². The molecule has 1 aliphatic carbocycles. The number of aryl methyl sites for hydroxylation is 1. The molecule has 0 amide bonds. The van der Waals surface area contributed by atoms with Crippen LogP contribution in [0.4, 0.5) is 0 Å². The number of hydrogen-bond donors (Lipinski definition) is 1. The van der Waals surface area contributed by atoms with Crippen molar-refractivity contribution in [3.8, 4) is 23.0 Å². The fraction of sp³-hybridized carbons (Fsp3) is 0.462. The first-order chi connectivity index (χ1) is 19.0. The second-order valence-corrected chi connectivity index (χ2v) is 12.0. The van der Waals surface area contributed by atoms with Gasteiger partial charge in [0.05, 0.1) is 72.3 Å². The van der Waals surface area contributed by atoms with Crippen LogP contribution in [0.3, 0.4) is 0 Å². The van der Waals surface area contributed by atoms with Crippen molar-refractivity contribution in [2.75, 3.05) is 19.8 Å². The molecule has 11 nitrogen and oxygen atoms in total. The average molecular weight is 662 g/mol. The summed E-state index contributed by atoms with van der Waals surface area (Å²) in [6.45, 7) is 6.37. The number of rotatable bonds is 6. The molecule has 0 aromatic carbocycles. The van der Waals surface area contributed by atoms with Gasteiger partial charge >= 0.3 is 0 Å². The van der Waals surface area contributed by atoms with E-state index in [-0.39, 0.29) is 12.7 Å². The average Bonchev–Trinajstić information content (AvgIpc) is 3.54. The van der Waals surface area contributed by atoms with Gasteiger partial charge in [0.1, 0.15) is 6.10 Å². The van der Waals surface area contributed by atoms with Gasteiger partial charge in [0.25, 0.3) is 0 Å². The van der Waals surface area contributed by atoms with Gasteiger partial charge in [-0.05, 0) is 66.9 Å². The van der Waals surface area contributed by atoms with E-state index in [1.807, 2.05) is 41.6 Å². The normalized spacial score (nSPS) is 19.2. The molecule has 1 aliphatic heterocycles. The quantitative estimate of drug-likeness (QED) is 0.243. The van der Waals surface area contributed by atoms with E-state index in [4.69, 9.17) is 24.7 Å². The summed E-state index contributed by atoms with van der Waals surface area (Å²) in [5.74, 6) is 1.27. The fourth-order valence-corrected chi connectivity index (χ4v) is 6.67. The molecule has 0 radical (unpaired) electrons. The van der Waals surface area contributed by atoms with E-state index in [9.17, 15) is 5.11 Å². The van der Waals surface area contributed by atoms with Gasteiger partial charge in [0.15, 0.2) is 0 Å². The van der Waals surface area contributed by atoms with Crippen LogP contribution in [0.1, 0.15) is 43.6 Å². The molecule has 0 spiro atoms. The molecule has 2 aliphatic rings. The predicted molar refractivity (Wildman–Crippen MR) is 160 cm³/mol. The molecule has 1 N–H and O–H groups in total. The lowest BCUT2D eigenvalue weighted by Gasteiger charge is -2.27. The topological polar surface area (TPSA) is 108 Å². The van der Waals surface area contributed by atoms with E-state index in [2.05, 4.69) is 51.1 Å². The second-order valence-electron chi connectivity index (χ2n) is 9.92. The summed E-state index contributed by atoms with van der Waals surface area (Å²) in [7, 11) is 1.90. The van der Waals surface area contributed by atoms with E-state index in [1.165, 1.54) is 0 Å². The van der Waals surface area contributed by atoms with Crippen LogP contribution in [0.25, 0.3) is 34.3 Å². The number of fused-ring (bicyclic) bond motifs is 4. The highest BCUT2D eigenvalue weighted by Gasteiger charge is 2.33. The van der Waals surface area contributed by atoms with Crippen LogP contribution in [0.2, 0.25) is 0 Å². The molecule has 1 fully saturated rings. The molecule has 2 unspecified atom stereocenters. The maximum atomic E-state index is 9.83. The third kappa shape index (κ3) is 5.19. The van der Waals surface area contributed by atoms with Gasteiger partial charge < -0.3 is 14.6 Å². The highest BCUT2D eigenvalue weighted by Crippen LogP contribution is 2.37. The van der Waals surface area contributed by atoms with E-state index < -0.39 is 0 Å². The standard InChI is InChI=1S/C26H32IN8O3P/c1-4-37-25-18-7-8-21-19-11-22(28-13-23(19)35(30-21)39-27)20-12-29-32(3)26(20)38-16(2)14-33(17-5-6-17)15-24(18)34(31-25)9-10-36/h7-8,11-13,16-17,36,39H,4-6,9-10,14-15H2,1-3H3/b8-7+. The van der Waals surface area contributed by atoms with E-state index in [0.717, 1.165) is 58.5 Å². The lowest BCUT2D eigenvalue weighted by atomic mass is 10.1. The molecule has 2 bridgehead atoms. The maximum absolute atomic E-state index is 9.83. The van der Waals surface area contributed by atoms with Crippen LogP contribution >= 0.6 is 28.4 Å². The van der Waals surface area contributed by atoms with E-state index in [0.29, 0.717) is 43.9 Å². The third-order valence-corrected chi connectivity index (χ3v) is 8.99. The van der Waals surface area contributed by atoms with Crippen LogP contribution in [-0.4, -0.2) is 76.0 Å². The molecule has 6 rings (SSSR count). The summed E-state index contributed by atoms with van der Waals surface area (Å²) in [5, 5.41) is 25.0. The highest BCUT2D eigenvalue weighted by atomic mass is 127. The van der Waals surface area contributed by atoms with Gasteiger partial charge in [-0.15, -0.1) is 5.10 Å². The number of aromatic nitrogens is 7. The Morgan fingerprint density at radius 2 is 2.08 bits per heavy atom. The zero-order valence-corrected chi connectivity index (χ0v) is 25.4. The summed E-state index contributed by atoms with van der Waals surface area (Å²) < 4.78 is 18.2. The van der Waals surface area contributed by atoms with Crippen molar-refractivity contribution in [2.24, 2.45) is 7.05 Å². The number of pyridine rings is 1. The molecule has 2 atom stereocenters. The zero-order chi connectivity index (χ0) is 27.1. The summed E-state index contributed by atoms with van der Waals surface area (Å²) in [4.78, 5) is 7.24. The van der Waals surface area contributed by atoms with E-state index >= 15 is 0 Å². The van der Waals surface area contributed by atoms with Crippen LogP contribution < -0.4 is 9.47 Å². The minimum Gasteiger partial charge on any atom is -0.476 e. The number of nitrogens with zero attached hydrogens (tertiary/aromatic N) is 8. The number of halogens is 1. The van der Waals surface area contributed by atoms with Crippen molar-refractivity contribution in [3.63, 3.8) is 0 Å². The first-order valence-corrected chi connectivity index (χ1v) is 17.3. The van der Waals surface area contributed by atoms with Gasteiger partial charge in [-0.3, -0.25) is 14.6 Å². The van der Waals surface area contributed by atoms with Gasteiger partial charge in [-0.2, -0.15) is 10.2 Å². The van der Waals surface area contributed by atoms with Crippen molar-refractivity contribution in [3.05, 3.63) is 35.4 Å². The predicted octanol–water partition coefficient (Wildman–Crippen LogP) is 4.13. The number of aliphatic hydroxyl groups is 1. The van der Waals surface area contributed by atoms with Crippen molar-refractivity contribution in [1.82, 2.24) is 39.0 Å². The molecular formula is C26H32IN8O3P. The van der Waals surface area contributed by atoms with Gasteiger partial charge in [0, 0.05) is 31.6 Å². The lowest BCUT2D eigenvalue weighted by Crippen LogP contribution is -2.36. The SMILES string of the molecule is CCOc1nn(CCO)c2c1/C=C/c1nn(PI)c3cnc(cc13)-c1cnn(C)c1OC(C)CN(C1CC1)C2. The van der Waals surface area contributed by atoms with Crippen molar-refractivity contribution in [2.45, 2.75) is 51.9 Å². The molecule has 13 heteroatoms. The second kappa shape index (κ2) is 11.1. The Morgan fingerprint density at radius 3 is 2.82 bits per heavy atom. The molecule has 4 aromatic rings. The van der Waals surface area contributed by atoms with Crippen molar-refractivity contribution >= 4 is 51.5 Å². The van der Waals surface area contributed by atoms with Crippen LogP contribution in [0, 0.1) is 0 Å². The number of hydrogen-bond acceptors (Lipinski definition) is 8. The molecular weight excluding hydrogens is 630 g/mol. The minimum atomic E-state index is -0.0910.